The smallest absolute Gasteiger partial charge is 0.251 e. The van der Waals surface area contributed by atoms with Gasteiger partial charge in [-0.3, -0.25) is 9.59 Å². The lowest BCUT2D eigenvalue weighted by Crippen LogP contribution is -2.24. The van der Waals surface area contributed by atoms with Crippen molar-refractivity contribution in [3.05, 3.63) is 53.7 Å². The Bertz CT molecular complexity index is 698. The van der Waals surface area contributed by atoms with Gasteiger partial charge in [-0.05, 0) is 37.6 Å². The molecule has 0 radical (unpaired) electrons. The summed E-state index contributed by atoms with van der Waals surface area (Å²) in [5.74, 6) is 0.459. The number of aromatic nitrogens is 1. The first-order chi connectivity index (χ1) is 11.1. The lowest BCUT2D eigenvalue weighted by molar-refractivity contribution is 0.0952. The van der Waals surface area contributed by atoms with Gasteiger partial charge in [-0.25, -0.2) is 4.98 Å². The quantitative estimate of drug-likeness (QED) is 0.606. The third kappa shape index (κ3) is 4.92. The van der Waals surface area contributed by atoms with Gasteiger partial charge in [0.25, 0.3) is 5.91 Å². The Morgan fingerprint density at radius 3 is 2.70 bits per heavy atom. The van der Waals surface area contributed by atoms with Gasteiger partial charge in [-0.2, -0.15) is 0 Å². The molecule has 0 saturated heterocycles. The first-order valence-electron chi connectivity index (χ1n) is 7.72. The third-order valence-corrected chi connectivity index (χ3v) is 3.38. The van der Waals surface area contributed by atoms with Gasteiger partial charge in [-0.1, -0.05) is 25.5 Å². The molecular formula is C18H21N3O2. The van der Waals surface area contributed by atoms with E-state index in [2.05, 4.69) is 22.5 Å². The second-order valence-corrected chi connectivity index (χ2v) is 5.30. The minimum Gasteiger partial charge on any atom is -0.352 e. The summed E-state index contributed by atoms with van der Waals surface area (Å²) in [5, 5.41) is 5.99. The van der Waals surface area contributed by atoms with Gasteiger partial charge >= 0.3 is 0 Å². The number of benzene rings is 1. The van der Waals surface area contributed by atoms with E-state index in [1.165, 1.54) is 6.92 Å². The maximum atomic E-state index is 12.1. The van der Waals surface area contributed by atoms with E-state index in [-0.39, 0.29) is 11.7 Å². The zero-order valence-electron chi connectivity index (χ0n) is 13.4. The molecule has 120 valence electrons. The SMILES string of the molecule is CCCCNC(=O)c1ccnc(Nc2cccc(C(C)=O)c2)c1. The lowest BCUT2D eigenvalue weighted by Gasteiger charge is -2.09. The second kappa shape index (κ2) is 8.08. The number of rotatable bonds is 7. The van der Waals surface area contributed by atoms with Crippen molar-refractivity contribution in [3.63, 3.8) is 0 Å². The molecule has 5 heteroatoms. The van der Waals surface area contributed by atoms with Crippen LogP contribution in [0.4, 0.5) is 11.5 Å². The highest BCUT2D eigenvalue weighted by Gasteiger charge is 2.07. The molecular weight excluding hydrogens is 290 g/mol. The number of ketones is 1. The third-order valence-electron chi connectivity index (χ3n) is 3.38. The number of carbonyl (C=O) groups excluding carboxylic acids is 2. The van der Waals surface area contributed by atoms with Crippen molar-refractivity contribution in [3.8, 4) is 0 Å². The minimum atomic E-state index is -0.110. The Morgan fingerprint density at radius 2 is 1.96 bits per heavy atom. The Hall–Kier alpha value is -2.69. The van der Waals surface area contributed by atoms with Crippen molar-refractivity contribution in [2.24, 2.45) is 0 Å². The van der Waals surface area contributed by atoms with Crippen LogP contribution in [0.25, 0.3) is 0 Å². The Kier molecular flexibility index (Phi) is 5.86. The monoisotopic (exact) mass is 311 g/mol. The van der Waals surface area contributed by atoms with Gasteiger partial charge in [0.15, 0.2) is 5.78 Å². The molecule has 5 nitrogen and oxygen atoms in total. The summed E-state index contributed by atoms with van der Waals surface area (Å²) < 4.78 is 0. The molecule has 0 bridgehead atoms. The zero-order valence-corrected chi connectivity index (χ0v) is 13.4. The molecule has 23 heavy (non-hydrogen) atoms. The summed E-state index contributed by atoms with van der Waals surface area (Å²) in [6.45, 7) is 4.27. The molecule has 0 atom stereocenters. The molecule has 0 fully saturated rings. The molecule has 1 heterocycles. The normalized spacial score (nSPS) is 10.2. The Morgan fingerprint density at radius 1 is 1.13 bits per heavy atom. The standard InChI is InChI=1S/C18H21N3O2/c1-3-4-9-20-18(23)15-8-10-19-17(12-15)21-16-7-5-6-14(11-16)13(2)22/h5-8,10-12H,3-4,9H2,1-2H3,(H,19,21)(H,20,23). The molecule has 0 aliphatic carbocycles. The number of unbranched alkanes of at least 4 members (excludes halogenated alkanes) is 1. The van der Waals surface area contributed by atoms with Crippen LogP contribution in [0.5, 0.6) is 0 Å². The predicted octanol–water partition coefficient (Wildman–Crippen LogP) is 3.56. The van der Waals surface area contributed by atoms with E-state index in [9.17, 15) is 9.59 Å². The molecule has 0 unspecified atom stereocenters. The summed E-state index contributed by atoms with van der Waals surface area (Å²) in [7, 11) is 0. The van der Waals surface area contributed by atoms with Crippen molar-refractivity contribution < 1.29 is 9.59 Å². The van der Waals surface area contributed by atoms with E-state index < -0.39 is 0 Å². The van der Waals surface area contributed by atoms with Crippen LogP contribution in [0.2, 0.25) is 0 Å². The van der Waals surface area contributed by atoms with Crippen LogP contribution in [0, 0.1) is 0 Å². The number of hydrogen-bond donors (Lipinski definition) is 2. The van der Waals surface area contributed by atoms with E-state index in [0.29, 0.717) is 23.5 Å². The van der Waals surface area contributed by atoms with Crippen molar-refractivity contribution in [1.82, 2.24) is 10.3 Å². The molecule has 2 aromatic rings. The molecule has 1 amide bonds. The van der Waals surface area contributed by atoms with E-state index >= 15 is 0 Å². The highest BCUT2D eigenvalue weighted by Crippen LogP contribution is 2.17. The fourth-order valence-electron chi connectivity index (χ4n) is 2.08. The lowest BCUT2D eigenvalue weighted by atomic mass is 10.1. The maximum Gasteiger partial charge on any atom is 0.251 e. The molecule has 1 aromatic heterocycles. The summed E-state index contributed by atoms with van der Waals surface area (Å²) >= 11 is 0. The van der Waals surface area contributed by atoms with Gasteiger partial charge in [0.05, 0.1) is 0 Å². The largest absolute Gasteiger partial charge is 0.352 e. The maximum absolute atomic E-state index is 12.1. The topological polar surface area (TPSA) is 71.1 Å². The first kappa shape index (κ1) is 16.7. The van der Waals surface area contributed by atoms with Crippen LogP contribution in [0.3, 0.4) is 0 Å². The number of amides is 1. The van der Waals surface area contributed by atoms with Crippen LogP contribution in [0.15, 0.2) is 42.6 Å². The summed E-state index contributed by atoms with van der Waals surface area (Å²) in [5.41, 5.74) is 1.94. The van der Waals surface area contributed by atoms with Gasteiger partial charge in [0, 0.05) is 29.6 Å². The number of anilines is 2. The van der Waals surface area contributed by atoms with Gasteiger partial charge in [0.1, 0.15) is 5.82 Å². The van der Waals surface area contributed by atoms with Gasteiger partial charge in [0.2, 0.25) is 0 Å². The first-order valence-corrected chi connectivity index (χ1v) is 7.72. The highest BCUT2D eigenvalue weighted by atomic mass is 16.1. The number of Topliss-reactive ketones (excluding diaryl/α,β-unsaturated/α-hetero) is 1. The molecule has 0 aliphatic rings. The van der Waals surface area contributed by atoms with Gasteiger partial charge in [-0.15, -0.1) is 0 Å². The number of carbonyl (C=O) groups is 2. The predicted molar refractivity (Wildman–Crippen MR) is 91.2 cm³/mol. The zero-order chi connectivity index (χ0) is 16.7. The van der Waals surface area contributed by atoms with Crippen LogP contribution in [0.1, 0.15) is 47.4 Å². The van der Waals surface area contributed by atoms with Gasteiger partial charge < -0.3 is 10.6 Å². The van der Waals surface area contributed by atoms with Crippen LogP contribution in [-0.2, 0) is 0 Å². The molecule has 0 aliphatic heterocycles. The summed E-state index contributed by atoms with van der Waals surface area (Å²) in [4.78, 5) is 27.7. The van der Waals surface area contributed by atoms with Crippen molar-refractivity contribution in [1.29, 1.82) is 0 Å². The summed E-state index contributed by atoms with van der Waals surface area (Å²) in [6.07, 6.45) is 3.58. The molecule has 0 spiro atoms. The molecule has 1 aromatic carbocycles. The number of nitrogens with zero attached hydrogens (tertiary/aromatic N) is 1. The van der Waals surface area contributed by atoms with E-state index in [4.69, 9.17) is 0 Å². The van der Waals surface area contributed by atoms with Crippen molar-refractivity contribution in [2.75, 3.05) is 11.9 Å². The Balaban J connectivity index is 2.09. The number of hydrogen-bond acceptors (Lipinski definition) is 4. The molecule has 2 N–H and O–H groups in total. The van der Waals surface area contributed by atoms with Crippen LogP contribution in [-0.4, -0.2) is 23.2 Å². The van der Waals surface area contributed by atoms with Crippen molar-refractivity contribution >= 4 is 23.2 Å². The van der Waals surface area contributed by atoms with E-state index in [1.807, 2.05) is 6.07 Å². The van der Waals surface area contributed by atoms with Crippen LogP contribution >= 0.6 is 0 Å². The average molecular weight is 311 g/mol. The second-order valence-electron chi connectivity index (χ2n) is 5.30. The van der Waals surface area contributed by atoms with E-state index in [1.54, 1.807) is 36.5 Å². The summed E-state index contributed by atoms with van der Waals surface area (Å²) in [6, 6.07) is 10.6. The molecule has 0 saturated carbocycles. The Labute approximate surface area is 136 Å². The number of pyridine rings is 1. The fraction of sp³-hybridized carbons (Fsp3) is 0.278. The van der Waals surface area contributed by atoms with E-state index in [0.717, 1.165) is 18.5 Å². The average Bonchev–Trinajstić information content (AvgIpc) is 2.55. The molecule has 2 rings (SSSR count). The minimum absolute atomic E-state index is 0.00524. The number of nitrogens with one attached hydrogen (secondary N) is 2. The highest BCUT2D eigenvalue weighted by molar-refractivity contribution is 5.96. The fourth-order valence-corrected chi connectivity index (χ4v) is 2.08. The van der Waals surface area contributed by atoms with Crippen LogP contribution < -0.4 is 10.6 Å². The van der Waals surface area contributed by atoms with Crippen molar-refractivity contribution in [2.45, 2.75) is 26.7 Å².